The first-order valence-electron chi connectivity index (χ1n) is 10.2. The predicted octanol–water partition coefficient (Wildman–Crippen LogP) is 1.21. The van der Waals surface area contributed by atoms with Crippen LogP contribution in [0.4, 0.5) is 0 Å². The van der Waals surface area contributed by atoms with E-state index in [0.29, 0.717) is 0 Å². The van der Waals surface area contributed by atoms with Crippen molar-refractivity contribution in [1.29, 1.82) is 0 Å². The zero-order valence-electron chi connectivity index (χ0n) is 17.0. The average Bonchev–Trinajstić information content (AvgIpc) is 3.00. The minimum Gasteiger partial charge on any atom is -0.443 e. The maximum Gasteiger partial charge on any atom is 0.321 e. The van der Waals surface area contributed by atoms with Gasteiger partial charge in [0.25, 0.3) is 17.7 Å². The number of esters is 1. The number of nitrogens with zero attached hydrogens (tertiary/aromatic N) is 3. The lowest BCUT2D eigenvalue weighted by Crippen LogP contribution is -2.56. The number of ether oxygens (including phenoxy) is 1. The minimum absolute atomic E-state index is 0. The second-order valence-electron chi connectivity index (χ2n) is 7.72. The van der Waals surface area contributed by atoms with E-state index < -0.39 is 42.4 Å². The van der Waals surface area contributed by atoms with Crippen molar-refractivity contribution < 1.29 is 28.7 Å². The molecule has 2 saturated heterocycles. The number of amides is 4. The fraction of sp³-hybridized carbons (Fsp3) is 0.476. The van der Waals surface area contributed by atoms with Crippen LogP contribution in [0.1, 0.15) is 52.8 Å². The van der Waals surface area contributed by atoms with Crippen LogP contribution >= 0.6 is 12.4 Å². The molecule has 0 saturated carbocycles. The summed E-state index contributed by atoms with van der Waals surface area (Å²) in [6, 6.07) is 5.28. The number of likely N-dealkylation sites (tertiary alicyclic amines) is 2. The Labute approximate surface area is 185 Å². The number of piperidine rings is 2. The first-order chi connectivity index (χ1) is 14.5. The second kappa shape index (κ2) is 9.57. The molecule has 166 valence electrons. The summed E-state index contributed by atoms with van der Waals surface area (Å²) in [6.07, 6.45) is 3.23. The molecule has 0 bridgehead atoms. The third kappa shape index (κ3) is 4.47. The van der Waals surface area contributed by atoms with Crippen LogP contribution in [-0.2, 0) is 19.1 Å². The van der Waals surface area contributed by atoms with Crippen LogP contribution in [0, 0.1) is 0 Å². The summed E-state index contributed by atoms with van der Waals surface area (Å²) in [5.74, 6) is -2.80. The van der Waals surface area contributed by atoms with Gasteiger partial charge in [0.05, 0.1) is 17.7 Å². The Balaban J connectivity index is 0.00000272. The van der Waals surface area contributed by atoms with Gasteiger partial charge in [-0.05, 0) is 44.5 Å². The molecule has 3 aliphatic rings. The predicted molar refractivity (Wildman–Crippen MR) is 110 cm³/mol. The van der Waals surface area contributed by atoms with E-state index in [1.54, 1.807) is 12.1 Å². The van der Waals surface area contributed by atoms with E-state index in [1.807, 2.05) is 4.90 Å². The van der Waals surface area contributed by atoms with E-state index in [-0.39, 0.29) is 42.9 Å². The Bertz CT molecular complexity index is 879. The monoisotopic (exact) mass is 449 g/mol. The van der Waals surface area contributed by atoms with Gasteiger partial charge in [-0.2, -0.15) is 0 Å². The molecule has 0 aliphatic carbocycles. The lowest BCUT2D eigenvalue weighted by atomic mass is 10.0. The van der Waals surface area contributed by atoms with Crippen molar-refractivity contribution in [2.24, 2.45) is 0 Å². The SMILES string of the molecule is Cl.O=C(CN1CCCCC1)OCN1C(=O)CCC(N2C(=O)c3ccccc3C2=O)C1=O. The molecular formula is C21H24ClN3O6. The molecule has 4 amide bonds. The van der Waals surface area contributed by atoms with Crippen molar-refractivity contribution in [3.8, 4) is 0 Å². The zero-order chi connectivity index (χ0) is 21.3. The molecule has 4 rings (SSSR count). The molecule has 3 aliphatic heterocycles. The van der Waals surface area contributed by atoms with E-state index in [1.165, 1.54) is 12.1 Å². The molecule has 2 fully saturated rings. The first-order valence-corrected chi connectivity index (χ1v) is 10.2. The van der Waals surface area contributed by atoms with Crippen molar-refractivity contribution in [1.82, 2.24) is 14.7 Å². The van der Waals surface area contributed by atoms with Crippen LogP contribution < -0.4 is 0 Å². The summed E-state index contributed by atoms with van der Waals surface area (Å²) in [7, 11) is 0. The Morgan fingerprint density at radius 2 is 1.58 bits per heavy atom. The third-order valence-corrected chi connectivity index (χ3v) is 5.78. The van der Waals surface area contributed by atoms with Crippen molar-refractivity contribution in [3.05, 3.63) is 35.4 Å². The molecule has 10 heteroatoms. The van der Waals surface area contributed by atoms with E-state index in [4.69, 9.17) is 4.74 Å². The van der Waals surface area contributed by atoms with Crippen molar-refractivity contribution >= 4 is 42.0 Å². The number of hydrogen-bond donors (Lipinski definition) is 0. The van der Waals surface area contributed by atoms with Gasteiger partial charge < -0.3 is 4.74 Å². The highest BCUT2D eigenvalue weighted by Gasteiger charge is 2.47. The van der Waals surface area contributed by atoms with Gasteiger partial charge in [0.2, 0.25) is 5.91 Å². The smallest absolute Gasteiger partial charge is 0.321 e. The van der Waals surface area contributed by atoms with Crippen LogP contribution in [0.3, 0.4) is 0 Å². The highest BCUT2D eigenvalue weighted by atomic mass is 35.5. The minimum atomic E-state index is -1.09. The summed E-state index contributed by atoms with van der Waals surface area (Å²) in [6.45, 7) is 1.24. The molecule has 1 unspecified atom stereocenters. The van der Waals surface area contributed by atoms with Crippen molar-refractivity contribution in [2.45, 2.75) is 38.1 Å². The molecule has 1 aromatic rings. The van der Waals surface area contributed by atoms with Gasteiger partial charge in [0.1, 0.15) is 6.04 Å². The summed E-state index contributed by atoms with van der Waals surface area (Å²) >= 11 is 0. The van der Waals surface area contributed by atoms with Crippen LogP contribution in [0.25, 0.3) is 0 Å². The number of imide groups is 2. The Morgan fingerprint density at radius 1 is 0.968 bits per heavy atom. The summed E-state index contributed by atoms with van der Waals surface area (Å²) in [5.41, 5.74) is 0.485. The quantitative estimate of drug-likeness (QED) is 0.491. The van der Waals surface area contributed by atoms with Gasteiger partial charge >= 0.3 is 5.97 Å². The summed E-state index contributed by atoms with van der Waals surface area (Å²) in [5, 5.41) is 0. The fourth-order valence-electron chi connectivity index (χ4n) is 4.17. The number of hydrogen-bond acceptors (Lipinski definition) is 7. The number of benzene rings is 1. The molecule has 0 N–H and O–H groups in total. The maximum absolute atomic E-state index is 12.9. The molecule has 1 aromatic carbocycles. The molecule has 1 atom stereocenters. The van der Waals surface area contributed by atoms with Gasteiger partial charge in [-0.3, -0.25) is 33.8 Å². The molecular weight excluding hydrogens is 426 g/mol. The van der Waals surface area contributed by atoms with Crippen LogP contribution in [0.15, 0.2) is 24.3 Å². The zero-order valence-corrected chi connectivity index (χ0v) is 17.8. The summed E-state index contributed by atoms with van der Waals surface area (Å²) in [4.78, 5) is 66.4. The van der Waals surface area contributed by atoms with Crippen molar-refractivity contribution in [2.75, 3.05) is 26.4 Å². The summed E-state index contributed by atoms with van der Waals surface area (Å²) < 4.78 is 5.17. The number of halogens is 1. The largest absolute Gasteiger partial charge is 0.443 e. The topological polar surface area (TPSA) is 104 Å². The number of carbonyl (C=O) groups excluding carboxylic acids is 5. The number of fused-ring (bicyclic) bond motifs is 1. The van der Waals surface area contributed by atoms with E-state index in [0.717, 1.165) is 42.2 Å². The molecule has 9 nitrogen and oxygen atoms in total. The standard InChI is InChI=1S/C21H23N3O6.ClH/c25-17-9-8-16(24-19(27)14-6-2-3-7-15(14)20(24)28)21(29)23(17)13-30-18(26)12-22-10-4-1-5-11-22;/h2-3,6-7,16H,1,4-5,8-13H2;1H. The van der Waals surface area contributed by atoms with E-state index in [2.05, 4.69) is 0 Å². The van der Waals surface area contributed by atoms with Gasteiger partial charge in [-0.1, -0.05) is 18.6 Å². The van der Waals surface area contributed by atoms with Gasteiger partial charge in [0, 0.05) is 6.42 Å². The van der Waals surface area contributed by atoms with Gasteiger partial charge in [-0.15, -0.1) is 12.4 Å². The molecule has 3 heterocycles. The lowest BCUT2D eigenvalue weighted by molar-refractivity contribution is -0.164. The fourth-order valence-corrected chi connectivity index (χ4v) is 4.17. The molecule has 0 radical (unpaired) electrons. The van der Waals surface area contributed by atoms with Crippen molar-refractivity contribution in [3.63, 3.8) is 0 Å². The van der Waals surface area contributed by atoms with Gasteiger partial charge in [-0.25, -0.2) is 4.90 Å². The van der Waals surface area contributed by atoms with Crippen LogP contribution in [-0.4, -0.2) is 76.7 Å². The highest BCUT2D eigenvalue weighted by Crippen LogP contribution is 2.29. The normalized spacial score (nSPS) is 21.7. The Morgan fingerprint density at radius 3 is 2.19 bits per heavy atom. The molecule has 0 aromatic heterocycles. The Hall–Kier alpha value is -2.78. The number of carbonyl (C=O) groups is 5. The van der Waals surface area contributed by atoms with E-state index in [9.17, 15) is 24.0 Å². The van der Waals surface area contributed by atoms with E-state index >= 15 is 0 Å². The average molecular weight is 450 g/mol. The van der Waals surface area contributed by atoms with Crippen LogP contribution in [0.2, 0.25) is 0 Å². The first kappa shape index (κ1) is 22.9. The molecule has 0 spiro atoms. The second-order valence-corrected chi connectivity index (χ2v) is 7.72. The number of rotatable bonds is 5. The third-order valence-electron chi connectivity index (χ3n) is 5.78. The van der Waals surface area contributed by atoms with Gasteiger partial charge in [0.15, 0.2) is 6.73 Å². The Kier molecular flexibility index (Phi) is 7.07. The lowest BCUT2D eigenvalue weighted by Gasteiger charge is -2.34. The molecule has 31 heavy (non-hydrogen) atoms. The van der Waals surface area contributed by atoms with Crippen LogP contribution in [0.5, 0.6) is 0 Å². The highest BCUT2D eigenvalue weighted by molar-refractivity contribution is 6.23. The maximum atomic E-state index is 12.9.